The van der Waals surface area contributed by atoms with E-state index in [1.54, 1.807) is 58.0 Å². The van der Waals surface area contributed by atoms with Crippen LogP contribution in [0, 0.1) is 12.8 Å². The molecule has 3 aromatic rings. The molecule has 0 radical (unpaired) electrons. The zero-order chi connectivity index (χ0) is 34.4. The molecule has 11 nitrogen and oxygen atoms in total. The predicted octanol–water partition coefficient (Wildman–Crippen LogP) is 6.52. The molecule has 1 aliphatic rings. The van der Waals surface area contributed by atoms with Crippen molar-refractivity contribution in [1.82, 2.24) is 20.0 Å². The maximum Gasteiger partial charge on any atom is 0.573 e. The molecular weight excluding hydrogens is 626 g/mol. The van der Waals surface area contributed by atoms with E-state index in [1.807, 2.05) is 0 Å². The number of rotatable bonds is 10. The van der Waals surface area contributed by atoms with Crippen LogP contribution in [0.25, 0.3) is 5.69 Å². The number of para-hydroxylation sites is 1. The van der Waals surface area contributed by atoms with Crippen LogP contribution < -0.4 is 20.1 Å². The molecule has 0 bridgehead atoms. The van der Waals surface area contributed by atoms with Crippen molar-refractivity contribution in [3.63, 3.8) is 0 Å². The van der Waals surface area contributed by atoms with Crippen LogP contribution in [-0.4, -0.2) is 71.7 Å². The van der Waals surface area contributed by atoms with Crippen molar-refractivity contribution in [1.29, 1.82) is 0 Å². The first-order valence-electron chi connectivity index (χ1n) is 14.9. The fraction of sp³-hybridized carbons (Fsp3) is 0.469. The standard InChI is InChI=1S/C32H39F4N5O6/c1-20-27(38-29(42)37-16-23-15-21(18-44-5)11-12-26(23)46-32(34,35)36)41(24-9-7-6-8-10-24)39-28(20)45-19-22-13-14-40(17-25(22)33)30(43)47-31(2,3)4/h6-12,15,22,25H,13-14,16-19H2,1-5H3,(H2,37,38,42)/t22-,25+/m0/s1. The monoisotopic (exact) mass is 665 g/mol. The number of halogens is 4. The van der Waals surface area contributed by atoms with E-state index in [1.165, 1.54) is 34.9 Å². The van der Waals surface area contributed by atoms with Gasteiger partial charge in [-0.2, -0.15) is 0 Å². The van der Waals surface area contributed by atoms with Crippen LogP contribution in [0.2, 0.25) is 0 Å². The minimum atomic E-state index is -4.92. The average molecular weight is 666 g/mol. The average Bonchev–Trinajstić information content (AvgIpc) is 3.30. The first-order valence-corrected chi connectivity index (χ1v) is 14.9. The molecular formula is C32H39F4N5O6. The fourth-order valence-electron chi connectivity index (χ4n) is 4.91. The van der Waals surface area contributed by atoms with E-state index in [4.69, 9.17) is 14.2 Å². The van der Waals surface area contributed by atoms with Crippen molar-refractivity contribution in [3.05, 3.63) is 65.2 Å². The molecule has 0 spiro atoms. The van der Waals surface area contributed by atoms with Crippen LogP contribution in [0.5, 0.6) is 11.6 Å². The number of hydrogen-bond donors (Lipinski definition) is 2. The summed E-state index contributed by atoms with van der Waals surface area (Å²) in [7, 11) is 1.45. The molecule has 47 heavy (non-hydrogen) atoms. The normalized spacial score (nSPS) is 16.8. The van der Waals surface area contributed by atoms with Crippen molar-refractivity contribution in [2.24, 2.45) is 5.92 Å². The Morgan fingerprint density at radius 2 is 1.81 bits per heavy atom. The van der Waals surface area contributed by atoms with Gasteiger partial charge in [0.25, 0.3) is 0 Å². The molecule has 1 fully saturated rings. The second-order valence-electron chi connectivity index (χ2n) is 12.1. The van der Waals surface area contributed by atoms with Crippen molar-refractivity contribution in [2.75, 3.05) is 32.1 Å². The lowest BCUT2D eigenvalue weighted by atomic mass is 9.96. The summed E-state index contributed by atoms with van der Waals surface area (Å²) < 4.78 is 76.1. The number of amides is 3. The zero-order valence-electron chi connectivity index (χ0n) is 26.8. The maximum absolute atomic E-state index is 15.1. The summed E-state index contributed by atoms with van der Waals surface area (Å²) in [6, 6.07) is 12.2. The third kappa shape index (κ3) is 9.98. The Labute approximate surface area is 270 Å². The number of alkyl halides is 4. The number of ether oxygens (including phenoxy) is 4. The Kier molecular flexibility index (Phi) is 11.2. The van der Waals surface area contributed by atoms with Gasteiger partial charge in [-0.3, -0.25) is 5.32 Å². The summed E-state index contributed by atoms with van der Waals surface area (Å²) in [4.78, 5) is 26.8. The molecule has 4 rings (SSSR count). The SMILES string of the molecule is COCc1ccc(OC(F)(F)F)c(CNC(=O)Nc2c(C)c(OC[C@@H]3CCN(C(=O)OC(C)(C)C)C[C@H]3F)nn2-c2ccccc2)c1. The van der Waals surface area contributed by atoms with E-state index in [0.717, 1.165) is 0 Å². The number of carbonyl (C=O) groups excluding carboxylic acids is 2. The van der Waals surface area contributed by atoms with Crippen molar-refractivity contribution in [3.8, 4) is 17.3 Å². The second-order valence-corrected chi connectivity index (χ2v) is 12.1. The van der Waals surface area contributed by atoms with Crippen molar-refractivity contribution >= 4 is 17.9 Å². The molecule has 2 aromatic carbocycles. The van der Waals surface area contributed by atoms with E-state index in [2.05, 4.69) is 20.5 Å². The molecule has 256 valence electrons. The predicted molar refractivity (Wildman–Crippen MR) is 164 cm³/mol. The number of methoxy groups -OCH3 is 1. The number of piperidine rings is 1. The number of benzene rings is 2. The van der Waals surface area contributed by atoms with Gasteiger partial charge in [0.1, 0.15) is 23.3 Å². The molecule has 0 unspecified atom stereocenters. The number of hydrogen-bond acceptors (Lipinski definition) is 7. The smallest absolute Gasteiger partial charge is 0.476 e. The summed E-state index contributed by atoms with van der Waals surface area (Å²) in [5.41, 5.74) is 1.00. The number of likely N-dealkylation sites (tertiary alicyclic amines) is 1. The van der Waals surface area contributed by atoms with Gasteiger partial charge in [-0.15, -0.1) is 18.3 Å². The van der Waals surface area contributed by atoms with Crippen LogP contribution in [0.3, 0.4) is 0 Å². The Hall–Kier alpha value is -4.53. The lowest BCUT2D eigenvalue weighted by molar-refractivity contribution is -0.274. The molecule has 2 N–H and O–H groups in total. The topological polar surface area (TPSA) is 116 Å². The van der Waals surface area contributed by atoms with E-state index >= 15 is 4.39 Å². The Bertz CT molecular complexity index is 1530. The van der Waals surface area contributed by atoms with Crippen molar-refractivity contribution < 1.29 is 46.1 Å². The quantitative estimate of drug-likeness (QED) is 0.237. The first kappa shape index (κ1) is 35.3. The molecule has 1 aliphatic heterocycles. The van der Waals surface area contributed by atoms with Crippen LogP contribution >= 0.6 is 0 Å². The fourth-order valence-corrected chi connectivity index (χ4v) is 4.91. The molecule has 0 saturated carbocycles. The van der Waals surface area contributed by atoms with Gasteiger partial charge in [0.2, 0.25) is 5.88 Å². The Morgan fingerprint density at radius 3 is 2.45 bits per heavy atom. The summed E-state index contributed by atoms with van der Waals surface area (Å²) >= 11 is 0. The molecule has 1 aromatic heterocycles. The lowest BCUT2D eigenvalue weighted by Gasteiger charge is -2.35. The van der Waals surface area contributed by atoms with Gasteiger partial charge in [-0.05, 0) is 63.9 Å². The zero-order valence-corrected chi connectivity index (χ0v) is 26.8. The highest BCUT2D eigenvalue weighted by Gasteiger charge is 2.35. The van der Waals surface area contributed by atoms with Crippen LogP contribution in [-0.2, 0) is 22.6 Å². The minimum Gasteiger partial charge on any atom is -0.476 e. The highest BCUT2D eigenvalue weighted by Crippen LogP contribution is 2.31. The number of carbonyl (C=O) groups is 2. The number of urea groups is 1. The number of nitrogens with zero attached hydrogens (tertiary/aromatic N) is 3. The number of anilines is 1. The van der Waals surface area contributed by atoms with E-state index in [9.17, 15) is 22.8 Å². The highest BCUT2D eigenvalue weighted by molar-refractivity contribution is 5.89. The molecule has 15 heteroatoms. The minimum absolute atomic E-state index is 0.0264. The largest absolute Gasteiger partial charge is 0.573 e. The second kappa shape index (κ2) is 14.9. The Balaban J connectivity index is 1.46. The van der Waals surface area contributed by atoms with E-state index < -0.39 is 41.9 Å². The summed E-state index contributed by atoms with van der Waals surface area (Å²) in [5.74, 6) is -0.585. The highest BCUT2D eigenvalue weighted by atomic mass is 19.4. The summed E-state index contributed by atoms with van der Waals surface area (Å²) in [6.07, 6.45) is -6.51. The van der Waals surface area contributed by atoms with Crippen molar-refractivity contribution in [2.45, 2.75) is 65.4 Å². The van der Waals surface area contributed by atoms with E-state index in [0.29, 0.717) is 29.8 Å². The summed E-state index contributed by atoms with van der Waals surface area (Å²) in [6.45, 7) is 6.90. The van der Waals surface area contributed by atoms with Gasteiger partial charge in [0, 0.05) is 31.7 Å². The Morgan fingerprint density at radius 1 is 1.09 bits per heavy atom. The van der Waals surface area contributed by atoms with Crippen LogP contribution in [0.1, 0.15) is 43.9 Å². The third-order valence-electron chi connectivity index (χ3n) is 7.17. The van der Waals surface area contributed by atoms with E-state index in [-0.39, 0.29) is 43.6 Å². The molecule has 1 saturated heterocycles. The van der Waals surface area contributed by atoms with Gasteiger partial charge >= 0.3 is 18.5 Å². The van der Waals surface area contributed by atoms with Crippen LogP contribution in [0.4, 0.5) is 33.0 Å². The first-order chi connectivity index (χ1) is 22.1. The van der Waals surface area contributed by atoms with Gasteiger partial charge in [0.15, 0.2) is 0 Å². The lowest BCUT2D eigenvalue weighted by Crippen LogP contribution is -2.48. The third-order valence-corrected chi connectivity index (χ3v) is 7.17. The molecule has 2 heterocycles. The van der Waals surface area contributed by atoms with Gasteiger partial charge in [-0.1, -0.05) is 24.3 Å². The van der Waals surface area contributed by atoms with Gasteiger partial charge in [-0.25, -0.2) is 18.7 Å². The van der Waals surface area contributed by atoms with Gasteiger partial charge < -0.3 is 29.2 Å². The van der Waals surface area contributed by atoms with Crippen LogP contribution in [0.15, 0.2) is 48.5 Å². The maximum atomic E-state index is 15.1. The summed E-state index contributed by atoms with van der Waals surface area (Å²) in [5, 5.41) is 9.79. The number of aromatic nitrogens is 2. The van der Waals surface area contributed by atoms with Gasteiger partial charge in [0.05, 0.1) is 31.0 Å². The molecule has 0 aliphatic carbocycles. The number of nitrogens with one attached hydrogen (secondary N) is 2. The molecule has 3 amide bonds. The molecule has 2 atom stereocenters.